The highest BCUT2D eigenvalue weighted by Gasteiger charge is 2.44. The fraction of sp³-hybridized carbons (Fsp3) is 0.474. The van der Waals surface area contributed by atoms with E-state index in [-0.39, 0.29) is 18.0 Å². The van der Waals surface area contributed by atoms with Gasteiger partial charge in [-0.15, -0.1) is 0 Å². The van der Waals surface area contributed by atoms with Crippen molar-refractivity contribution in [2.45, 2.75) is 32.4 Å². The molecule has 2 atom stereocenters. The fourth-order valence-corrected chi connectivity index (χ4v) is 3.41. The summed E-state index contributed by atoms with van der Waals surface area (Å²) in [5.74, 6) is 1.19. The number of methoxy groups -OCH3 is 2. The number of hydrogen-bond donors (Lipinski definition) is 1. The Bertz CT molecular complexity index is 752. The molecule has 3 rings (SSSR count). The highest BCUT2D eigenvalue weighted by Crippen LogP contribution is 2.38. The third-order valence-corrected chi connectivity index (χ3v) is 5.22. The summed E-state index contributed by atoms with van der Waals surface area (Å²) in [6, 6.07) is 4.76. The third-order valence-electron chi connectivity index (χ3n) is 5.22. The van der Waals surface area contributed by atoms with Crippen LogP contribution < -0.4 is 14.8 Å². The normalized spacial score (nSPS) is 20.9. The fourth-order valence-electron chi connectivity index (χ4n) is 3.41. The number of hydrogen-bond acceptors (Lipinski definition) is 4. The molecule has 0 radical (unpaired) electrons. The van der Waals surface area contributed by atoms with Gasteiger partial charge in [-0.05, 0) is 31.0 Å². The lowest BCUT2D eigenvalue weighted by Crippen LogP contribution is -2.45. The number of likely N-dealkylation sites (N-methyl/N-ethyl adjacent to an activating group) is 1. The summed E-state index contributed by atoms with van der Waals surface area (Å²) in [7, 11) is 4.84. The first-order valence-electron chi connectivity index (χ1n) is 8.72. The summed E-state index contributed by atoms with van der Waals surface area (Å²) in [6.07, 6.45) is 0.856. The first-order chi connectivity index (χ1) is 12.4. The summed E-state index contributed by atoms with van der Waals surface area (Å²) in [5, 5.41) is 2.93. The first kappa shape index (κ1) is 18.1. The Labute approximate surface area is 153 Å². The zero-order valence-corrected chi connectivity index (χ0v) is 15.8. The maximum absolute atomic E-state index is 13.1. The molecule has 2 heterocycles. The smallest absolute Gasteiger partial charge is 0.322 e. The van der Waals surface area contributed by atoms with E-state index in [0.29, 0.717) is 23.6 Å². The standard InChI is InChI=1S/C19H25N3O4/c1-6-11(2)22-10-15-16(18(22)23)17(20-19(24)21(15)3)12-7-13(25-4)9-14(8-12)26-5/h7-9,11,17H,6,10H2,1-5H3,(H,20,24)/t11-,17-/m1/s1. The van der Waals surface area contributed by atoms with Crippen molar-refractivity contribution in [3.05, 3.63) is 35.0 Å². The van der Waals surface area contributed by atoms with E-state index < -0.39 is 6.04 Å². The van der Waals surface area contributed by atoms with E-state index in [9.17, 15) is 9.59 Å². The Kier molecular flexibility index (Phi) is 4.80. The van der Waals surface area contributed by atoms with Crippen LogP contribution in [0.2, 0.25) is 0 Å². The van der Waals surface area contributed by atoms with Crippen LogP contribution in [0.1, 0.15) is 31.9 Å². The molecule has 26 heavy (non-hydrogen) atoms. The molecule has 0 saturated heterocycles. The highest BCUT2D eigenvalue weighted by molar-refractivity contribution is 6.01. The van der Waals surface area contributed by atoms with Crippen LogP contribution in [-0.4, -0.2) is 55.6 Å². The minimum atomic E-state index is -0.528. The third kappa shape index (κ3) is 2.87. The molecule has 7 nitrogen and oxygen atoms in total. The number of rotatable bonds is 5. The number of carbonyl (C=O) groups excluding carboxylic acids is 2. The van der Waals surface area contributed by atoms with Crippen LogP contribution in [0.25, 0.3) is 0 Å². The number of urea groups is 1. The molecule has 3 amide bonds. The van der Waals surface area contributed by atoms with Gasteiger partial charge in [0.2, 0.25) is 0 Å². The zero-order chi connectivity index (χ0) is 19.0. The summed E-state index contributed by atoms with van der Waals surface area (Å²) >= 11 is 0. The average molecular weight is 359 g/mol. The van der Waals surface area contributed by atoms with Gasteiger partial charge in [-0.2, -0.15) is 0 Å². The zero-order valence-electron chi connectivity index (χ0n) is 15.8. The molecular formula is C19H25N3O4. The van der Waals surface area contributed by atoms with Gasteiger partial charge in [0.15, 0.2) is 0 Å². The van der Waals surface area contributed by atoms with Crippen molar-refractivity contribution in [1.82, 2.24) is 15.1 Å². The van der Waals surface area contributed by atoms with Crippen LogP contribution in [0.4, 0.5) is 4.79 Å². The molecule has 0 bridgehead atoms. The minimum absolute atomic E-state index is 0.0343. The number of nitrogens with zero attached hydrogens (tertiary/aromatic N) is 2. The van der Waals surface area contributed by atoms with Gasteiger partial charge in [-0.1, -0.05) is 6.92 Å². The molecule has 0 aliphatic carbocycles. The highest BCUT2D eigenvalue weighted by atomic mass is 16.5. The lowest BCUT2D eigenvalue weighted by molar-refractivity contribution is -0.127. The van der Waals surface area contributed by atoms with Crippen LogP contribution in [0.15, 0.2) is 29.5 Å². The molecule has 7 heteroatoms. The largest absolute Gasteiger partial charge is 0.497 e. The minimum Gasteiger partial charge on any atom is -0.497 e. The molecule has 2 aliphatic heterocycles. The summed E-state index contributed by atoms with van der Waals surface area (Å²) in [6.45, 7) is 4.52. The summed E-state index contributed by atoms with van der Waals surface area (Å²) < 4.78 is 10.7. The second kappa shape index (κ2) is 6.90. The van der Waals surface area contributed by atoms with Crippen molar-refractivity contribution in [2.24, 2.45) is 0 Å². The maximum Gasteiger partial charge on any atom is 0.322 e. The van der Waals surface area contributed by atoms with E-state index in [0.717, 1.165) is 17.7 Å². The van der Waals surface area contributed by atoms with Crippen molar-refractivity contribution in [1.29, 1.82) is 0 Å². The van der Waals surface area contributed by atoms with Gasteiger partial charge in [-0.3, -0.25) is 9.69 Å². The molecular weight excluding hydrogens is 334 g/mol. The first-order valence-corrected chi connectivity index (χ1v) is 8.72. The van der Waals surface area contributed by atoms with Gasteiger partial charge in [0, 0.05) is 19.2 Å². The summed E-state index contributed by atoms with van der Waals surface area (Å²) in [5.41, 5.74) is 2.13. The SMILES string of the molecule is CC[C@@H](C)N1CC2=C(C1=O)[C@@H](c1cc(OC)cc(OC)c1)NC(=O)N2C. The molecule has 2 aliphatic rings. The van der Waals surface area contributed by atoms with Crippen molar-refractivity contribution >= 4 is 11.9 Å². The molecule has 140 valence electrons. The van der Waals surface area contributed by atoms with E-state index in [1.165, 1.54) is 4.90 Å². The lowest BCUT2D eigenvalue weighted by Gasteiger charge is -2.31. The average Bonchev–Trinajstić information content (AvgIpc) is 3.01. The van der Waals surface area contributed by atoms with Crippen molar-refractivity contribution in [3.8, 4) is 11.5 Å². The second-order valence-electron chi connectivity index (χ2n) is 6.64. The van der Waals surface area contributed by atoms with Crippen molar-refractivity contribution in [2.75, 3.05) is 27.8 Å². The molecule has 1 aromatic carbocycles. The van der Waals surface area contributed by atoms with E-state index in [4.69, 9.17) is 9.47 Å². The van der Waals surface area contributed by atoms with Gasteiger partial charge in [0.1, 0.15) is 11.5 Å². The molecule has 0 unspecified atom stereocenters. The molecule has 0 saturated carbocycles. The van der Waals surface area contributed by atoms with E-state index in [1.807, 2.05) is 30.9 Å². The van der Waals surface area contributed by atoms with Gasteiger partial charge in [-0.25, -0.2) is 4.79 Å². The Balaban J connectivity index is 2.07. The Morgan fingerprint density at radius 1 is 1.19 bits per heavy atom. The van der Waals surface area contributed by atoms with Crippen LogP contribution in [0.3, 0.4) is 0 Å². The van der Waals surface area contributed by atoms with Gasteiger partial charge in [0.25, 0.3) is 5.91 Å². The number of benzene rings is 1. The van der Waals surface area contributed by atoms with Crippen LogP contribution >= 0.6 is 0 Å². The number of amides is 3. The van der Waals surface area contributed by atoms with Gasteiger partial charge < -0.3 is 19.7 Å². The van der Waals surface area contributed by atoms with Crippen LogP contribution in [-0.2, 0) is 4.79 Å². The monoisotopic (exact) mass is 359 g/mol. The lowest BCUT2D eigenvalue weighted by atomic mass is 9.95. The Morgan fingerprint density at radius 2 is 1.81 bits per heavy atom. The van der Waals surface area contributed by atoms with Crippen molar-refractivity contribution in [3.63, 3.8) is 0 Å². The second-order valence-corrected chi connectivity index (χ2v) is 6.64. The molecule has 0 fully saturated rings. The van der Waals surface area contributed by atoms with Crippen LogP contribution in [0.5, 0.6) is 11.5 Å². The molecule has 0 aromatic heterocycles. The quantitative estimate of drug-likeness (QED) is 0.876. The van der Waals surface area contributed by atoms with Gasteiger partial charge >= 0.3 is 6.03 Å². The van der Waals surface area contributed by atoms with Crippen LogP contribution in [0, 0.1) is 0 Å². The number of carbonyl (C=O) groups is 2. The Hall–Kier alpha value is -2.70. The van der Waals surface area contributed by atoms with Crippen molar-refractivity contribution < 1.29 is 19.1 Å². The predicted octanol–water partition coefficient (Wildman–Crippen LogP) is 2.29. The number of ether oxygens (including phenoxy) is 2. The predicted molar refractivity (Wildman–Crippen MR) is 97.1 cm³/mol. The molecule has 1 aromatic rings. The van der Waals surface area contributed by atoms with E-state index in [2.05, 4.69) is 5.32 Å². The topological polar surface area (TPSA) is 71.1 Å². The number of nitrogens with one attached hydrogen (secondary N) is 1. The molecule has 0 spiro atoms. The Morgan fingerprint density at radius 3 is 2.35 bits per heavy atom. The molecule has 1 N–H and O–H groups in total. The summed E-state index contributed by atoms with van der Waals surface area (Å²) in [4.78, 5) is 28.9. The van der Waals surface area contributed by atoms with Gasteiger partial charge in [0.05, 0.1) is 38.1 Å². The van der Waals surface area contributed by atoms with E-state index >= 15 is 0 Å². The van der Waals surface area contributed by atoms with E-state index in [1.54, 1.807) is 27.3 Å². The maximum atomic E-state index is 13.1.